The number of nitrogens with two attached hydrogens (primary N) is 1. The Labute approximate surface area is 150 Å². The predicted octanol–water partition coefficient (Wildman–Crippen LogP) is 4.09. The van der Waals surface area contributed by atoms with Gasteiger partial charge in [-0.3, -0.25) is 9.69 Å². The van der Waals surface area contributed by atoms with Crippen LogP contribution < -0.4 is 5.73 Å². The smallest absolute Gasteiger partial charge is 0.249 e. The number of halogens is 1. The standard InChI is InChI=1S/C20H24N2O.ClH/c1-14-6-5-7-15(2)19(14)16-8-9-18(20(21)23)17(12-16)13-22-10-3-4-11-22;/h5-9,12H,3-4,10-11,13H2,1-2H3,(H2,21,23);1H. The molecule has 0 radical (unpaired) electrons. The minimum atomic E-state index is -0.341. The number of carbonyl (C=O) groups is 1. The molecule has 0 aromatic heterocycles. The molecule has 24 heavy (non-hydrogen) atoms. The molecule has 0 spiro atoms. The summed E-state index contributed by atoms with van der Waals surface area (Å²) >= 11 is 0. The first-order valence-electron chi connectivity index (χ1n) is 8.28. The number of nitrogens with zero attached hydrogens (tertiary/aromatic N) is 1. The van der Waals surface area contributed by atoms with Crippen LogP contribution in [0.4, 0.5) is 0 Å². The molecule has 0 bridgehead atoms. The molecule has 1 aliphatic heterocycles. The molecule has 1 heterocycles. The van der Waals surface area contributed by atoms with Crippen molar-refractivity contribution in [2.75, 3.05) is 13.1 Å². The van der Waals surface area contributed by atoms with Crippen LogP contribution in [0, 0.1) is 13.8 Å². The quantitative estimate of drug-likeness (QED) is 0.908. The van der Waals surface area contributed by atoms with Gasteiger partial charge >= 0.3 is 0 Å². The molecule has 128 valence electrons. The van der Waals surface area contributed by atoms with Crippen molar-refractivity contribution < 1.29 is 4.79 Å². The van der Waals surface area contributed by atoms with Crippen molar-refractivity contribution in [3.05, 3.63) is 58.7 Å². The lowest BCUT2D eigenvalue weighted by Gasteiger charge is -2.18. The van der Waals surface area contributed by atoms with Crippen molar-refractivity contribution in [2.45, 2.75) is 33.2 Å². The van der Waals surface area contributed by atoms with Crippen LogP contribution in [0.5, 0.6) is 0 Å². The normalized spacial score (nSPS) is 14.4. The van der Waals surface area contributed by atoms with Crippen molar-refractivity contribution >= 4 is 18.3 Å². The topological polar surface area (TPSA) is 46.3 Å². The summed E-state index contributed by atoms with van der Waals surface area (Å²) in [6.45, 7) is 7.27. The third kappa shape index (κ3) is 3.80. The zero-order valence-electron chi connectivity index (χ0n) is 14.3. The molecule has 2 N–H and O–H groups in total. The lowest BCUT2D eigenvalue weighted by atomic mass is 9.92. The van der Waals surface area contributed by atoms with Gasteiger partial charge in [0.1, 0.15) is 0 Å². The second-order valence-corrected chi connectivity index (χ2v) is 6.49. The van der Waals surface area contributed by atoms with Gasteiger partial charge < -0.3 is 5.73 Å². The molecule has 0 unspecified atom stereocenters. The molecular weight excluding hydrogens is 320 g/mol. The fraction of sp³-hybridized carbons (Fsp3) is 0.350. The molecule has 0 atom stereocenters. The third-order valence-electron chi connectivity index (χ3n) is 4.73. The van der Waals surface area contributed by atoms with E-state index in [9.17, 15) is 4.79 Å². The van der Waals surface area contributed by atoms with Gasteiger partial charge in [-0.25, -0.2) is 0 Å². The number of primary amides is 1. The molecule has 0 aliphatic carbocycles. The number of amides is 1. The Bertz CT molecular complexity index is 716. The average molecular weight is 345 g/mol. The molecule has 3 nitrogen and oxygen atoms in total. The lowest BCUT2D eigenvalue weighted by Crippen LogP contribution is -2.22. The van der Waals surface area contributed by atoms with Gasteiger partial charge in [-0.1, -0.05) is 24.3 Å². The Morgan fingerprint density at radius 3 is 2.29 bits per heavy atom. The van der Waals surface area contributed by atoms with Gasteiger partial charge in [-0.2, -0.15) is 0 Å². The molecular formula is C20H25ClN2O. The summed E-state index contributed by atoms with van der Waals surface area (Å²) in [6.07, 6.45) is 2.48. The SMILES string of the molecule is Cc1cccc(C)c1-c1ccc(C(N)=O)c(CN2CCCC2)c1.Cl. The van der Waals surface area contributed by atoms with E-state index < -0.39 is 0 Å². The molecule has 3 rings (SSSR count). The molecule has 4 heteroatoms. The maximum absolute atomic E-state index is 11.8. The highest BCUT2D eigenvalue weighted by molar-refractivity contribution is 5.95. The second-order valence-electron chi connectivity index (χ2n) is 6.49. The van der Waals surface area contributed by atoms with Gasteiger partial charge in [0.2, 0.25) is 5.91 Å². The molecule has 2 aromatic carbocycles. The van der Waals surface area contributed by atoms with Gasteiger partial charge in [-0.15, -0.1) is 12.4 Å². The van der Waals surface area contributed by atoms with E-state index in [0.717, 1.165) is 25.2 Å². The Kier molecular flexibility index (Phi) is 6.03. The van der Waals surface area contributed by atoms with E-state index in [0.29, 0.717) is 5.56 Å². The van der Waals surface area contributed by atoms with Gasteiger partial charge in [0.25, 0.3) is 0 Å². The van der Waals surface area contributed by atoms with Crippen LogP contribution in [0.25, 0.3) is 11.1 Å². The largest absolute Gasteiger partial charge is 0.366 e. The predicted molar refractivity (Wildman–Crippen MR) is 102 cm³/mol. The number of carbonyl (C=O) groups excluding carboxylic acids is 1. The fourth-order valence-electron chi connectivity index (χ4n) is 3.57. The van der Waals surface area contributed by atoms with Gasteiger partial charge in [0.05, 0.1) is 0 Å². The number of benzene rings is 2. The monoisotopic (exact) mass is 344 g/mol. The van der Waals surface area contributed by atoms with Crippen LogP contribution in [-0.4, -0.2) is 23.9 Å². The maximum Gasteiger partial charge on any atom is 0.249 e. The van der Waals surface area contributed by atoms with Crippen molar-refractivity contribution in [3.8, 4) is 11.1 Å². The Balaban J connectivity index is 0.00000208. The van der Waals surface area contributed by atoms with E-state index in [4.69, 9.17) is 5.73 Å². The van der Waals surface area contributed by atoms with Crippen molar-refractivity contribution in [1.82, 2.24) is 4.90 Å². The first-order chi connectivity index (χ1) is 11.1. The molecule has 0 saturated carbocycles. The van der Waals surface area contributed by atoms with Gasteiger partial charge in [-0.05, 0) is 79.7 Å². The van der Waals surface area contributed by atoms with Crippen LogP contribution in [0.2, 0.25) is 0 Å². The summed E-state index contributed by atoms with van der Waals surface area (Å²) in [5.41, 5.74) is 12.2. The summed E-state index contributed by atoms with van der Waals surface area (Å²) in [5, 5.41) is 0. The van der Waals surface area contributed by atoms with E-state index in [1.165, 1.54) is 35.1 Å². The van der Waals surface area contributed by atoms with E-state index in [-0.39, 0.29) is 18.3 Å². The zero-order chi connectivity index (χ0) is 16.4. The second kappa shape index (κ2) is 7.82. The van der Waals surface area contributed by atoms with E-state index in [1.807, 2.05) is 12.1 Å². The summed E-state index contributed by atoms with van der Waals surface area (Å²) in [6, 6.07) is 12.4. The zero-order valence-corrected chi connectivity index (χ0v) is 15.2. The van der Waals surface area contributed by atoms with Crippen LogP contribution >= 0.6 is 12.4 Å². The average Bonchev–Trinajstić information content (AvgIpc) is 3.00. The summed E-state index contributed by atoms with van der Waals surface area (Å²) < 4.78 is 0. The molecule has 1 amide bonds. The highest BCUT2D eigenvalue weighted by Gasteiger charge is 2.17. The minimum absolute atomic E-state index is 0. The molecule has 2 aromatic rings. The van der Waals surface area contributed by atoms with E-state index in [2.05, 4.69) is 43.0 Å². The van der Waals surface area contributed by atoms with Crippen molar-refractivity contribution in [3.63, 3.8) is 0 Å². The van der Waals surface area contributed by atoms with Crippen LogP contribution in [0.15, 0.2) is 36.4 Å². The number of hydrogen-bond acceptors (Lipinski definition) is 2. The van der Waals surface area contributed by atoms with Crippen molar-refractivity contribution in [1.29, 1.82) is 0 Å². The van der Waals surface area contributed by atoms with Crippen LogP contribution in [-0.2, 0) is 6.54 Å². The maximum atomic E-state index is 11.8. The third-order valence-corrected chi connectivity index (χ3v) is 4.73. The summed E-state index contributed by atoms with van der Waals surface area (Å²) in [5.74, 6) is -0.341. The summed E-state index contributed by atoms with van der Waals surface area (Å²) in [7, 11) is 0. The highest BCUT2D eigenvalue weighted by atomic mass is 35.5. The first-order valence-corrected chi connectivity index (χ1v) is 8.28. The number of rotatable bonds is 4. The van der Waals surface area contributed by atoms with Gasteiger partial charge in [0.15, 0.2) is 0 Å². The Hall–Kier alpha value is -1.84. The van der Waals surface area contributed by atoms with Crippen LogP contribution in [0.1, 0.15) is 39.9 Å². The Morgan fingerprint density at radius 1 is 1.08 bits per heavy atom. The summed E-state index contributed by atoms with van der Waals surface area (Å²) in [4.78, 5) is 14.2. The van der Waals surface area contributed by atoms with E-state index >= 15 is 0 Å². The lowest BCUT2D eigenvalue weighted by molar-refractivity contribution is 0.0998. The number of hydrogen-bond donors (Lipinski definition) is 1. The van der Waals surface area contributed by atoms with Crippen LogP contribution in [0.3, 0.4) is 0 Å². The molecule has 1 fully saturated rings. The number of likely N-dealkylation sites (tertiary alicyclic amines) is 1. The fourth-order valence-corrected chi connectivity index (χ4v) is 3.57. The molecule has 1 aliphatic rings. The Morgan fingerprint density at radius 2 is 1.71 bits per heavy atom. The number of aryl methyl sites for hydroxylation is 2. The molecule has 1 saturated heterocycles. The minimum Gasteiger partial charge on any atom is -0.366 e. The highest BCUT2D eigenvalue weighted by Crippen LogP contribution is 2.29. The van der Waals surface area contributed by atoms with Gasteiger partial charge in [0, 0.05) is 12.1 Å². The van der Waals surface area contributed by atoms with E-state index in [1.54, 1.807) is 0 Å². The van der Waals surface area contributed by atoms with Crippen molar-refractivity contribution in [2.24, 2.45) is 5.73 Å². The first kappa shape index (κ1) is 18.5.